The van der Waals surface area contributed by atoms with Gasteiger partial charge < -0.3 is 10.1 Å². The van der Waals surface area contributed by atoms with Crippen molar-refractivity contribution in [2.75, 3.05) is 20.2 Å². The van der Waals surface area contributed by atoms with Crippen molar-refractivity contribution in [2.24, 2.45) is 0 Å². The number of hydrogen-bond donors (Lipinski definition) is 1. The normalized spacial score (nSPS) is 18.4. The van der Waals surface area contributed by atoms with Crippen LogP contribution in [0.3, 0.4) is 0 Å². The molecule has 0 bridgehead atoms. The van der Waals surface area contributed by atoms with Crippen molar-refractivity contribution in [1.82, 2.24) is 9.62 Å². The predicted molar refractivity (Wildman–Crippen MR) is 93.8 cm³/mol. The summed E-state index contributed by atoms with van der Waals surface area (Å²) in [7, 11) is -2.62. The van der Waals surface area contributed by atoms with E-state index in [1.165, 1.54) is 37.4 Å². The lowest BCUT2D eigenvalue weighted by atomic mass is 10.0. The van der Waals surface area contributed by atoms with Gasteiger partial charge in [-0.25, -0.2) is 12.8 Å². The van der Waals surface area contributed by atoms with Gasteiger partial charge >= 0.3 is 0 Å². The van der Waals surface area contributed by atoms with E-state index in [1.54, 1.807) is 19.1 Å². The van der Waals surface area contributed by atoms with E-state index in [0.717, 1.165) is 9.87 Å². The van der Waals surface area contributed by atoms with E-state index >= 15 is 0 Å². The molecule has 1 fully saturated rings. The van der Waals surface area contributed by atoms with Gasteiger partial charge in [-0.2, -0.15) is 4.31 Å². The molecule has 0 aromatic heterocycles. The molecular formula is C18H19FN2O4S. The number of nitrogens with zero attached hydrogens (tertiary/aromatic N) is 1. The maximum absolute atomic E-state index is 13.3. The Morgan fingerprint density at radius 2 is 1.88 bits per heavy atom. The summed E-state index contributed by atoms with van der Waals surface area (Å²) in [5.41, 5.74) is 1.16. The fourth-order valence-electron chi connectivity index (χ4n) is 2.98. The molecule has 1 heterocycles. The highest BCUT2D eigenvalue weighted by atomic mass is 32.2. The van der Waals surface area contributed by atoms with Gasteiger partial charge in [0.25, 0.3) is 0 Å². The third kappa shape index (κ3) is 3.30. The number of benzene rings is 2. The lowest BCUT2D eigenvalue weighted by Gasteiger charge is -2.34. The van der Waals surface area contributed by atoms with Gasteiger partial charge in [0.15, 0.2) is 0 Å². The van der Waals surface area contributed by atoms with Gasteiger partial charge in [0.1, 0.15) is 22.5 Å². The van der Waals surface area contributed by atoms with E-state index in [2.05, 4.69) is 5.32 Å². The largest absolute Gasteiger partial charge is 0.495 e. The number of methoxy groups -OCH3 is 1. The SMILES string of the molecule is COc1ccc(C)cc1S(=O)(=O)N1CCNC(=O)C1c1ccc(F)cc1. The van der Waals surface area contributed by atoms with Gasteiger partial charge in [-0.1, -0.05) is 18.2 Å². The molecule has 2 aromatic rings. The van der Waals surface area contributed by atoms with Gasteiger partial charge in [-0.05, 0) is 42.3 Å². The Kier molecular flexibility index (Phi) is 4.97. The Morgan fingerprint density at radius 1 is 1.19 bits per heavy atom. The van der Waals surface area contributed by atoms with Crippen LogP contribution in [0.5, 0.6) is 5.75 Å². The number of rotatable bonds is 4. The Balaban J connectivity index is 2.11. The summed E-state index contributed by atoms with van der Waals surface area (Å²) in [4.78, 5) is 12.4. The highest BCUT2D eigenvalue weighted by molar-refractivity contribution is 7.89. The minimum Gasteiger partial charge on any atom is -0.495 e. The number of halogens is 1. The second-order valence-electron chi connectivity index (χ2n) is 6.02. The van der Waals surface area contributed by atoms with Crippen LogP contribution in [0.2, 0.25) is 0 Å². The molecule has 1 amide bonds. The molecule has 26 heavy (non-hydrogen) atoms. The minimum absolute atomic E-state index is 0.00168. The maximum Gasteiger partial charge on any atom is 0.247 e. The van der Waals surface area contributed by atoms with E-state index in [-0.39, 0.29) is 23.7 Å². The van der Waals surface area contributed by atoms with Crippen molar-refractivity contribution >= 4 is 15.9 Å². The monoisotopic (exact) mass is 378 g/mol. The van der Waals surface area contributed by atoms with E-state index in [9.17, 15) is 17.6 Å². The first-order chi connectivity index (χ1) is 12.3. The first-order valence-electron chi connectivity index (χ1n) is 8.04. The van der Waals surface area contributed by atoms with Crippen molar-refractivity contribution in [3.63, 3.8) is 0 Å². The number of hydrogen-bond acceptors (Lipinski definition) is 4. The first-order valence-corrected chi connectivity index (χ1v) is 9.48. The van der Waals surface area contributed by atoms with Crippen molar-refractivity contribution in [3.05, 3.63) is 59.4 Å². The predicted octanol–water partition coefficient (Wildman–Crippen LogP) is 2.00. The molecule has 3 rings (SSSR count). The highest BCUT2D eigenvalue weighted by Crippen LogP contribution is 2.34. The summed E-state index contributed by atoms with van der Waals surface area (Å²) >= 11 is 0. The fourth-order valence-corrected chi connectivity index (χ4v) is 4.80. The number of carbonyl (C=O) groups excluding carboxylic acids is 1. The highest BCUT2D eigenvalue weighted by Gasteiger charge is 2.40. The van der Waals surface area contributed by atoms with Crippen LogP contribution in [0.1, 0.15) is 17.2 Å². The summed E-state index contributed by atoms with van der Waals surface area (Å²) in [6.07, 6.45) is 0. The average molecular weight is 378 g/mol. The molecule has 0 radical (unpaired) electrons. The number of ether oxygens (including phenoxy) is 1. The zero-order valence-electron chi connectivity index (χ0n) is 14.4. The quantitative estimate of drug-likeness (QED) is 0.883. The smallest absolute Gasteiger partial charge is 0.247 e. The van der Waals surface area contributed by atoms with E-state index in [1.807, 2.05) is 0 Å². The van der Waals surface area contributed by atoms with Crippen molar-refractivity contribution < 1.29 is 22.3 Å². The number of sulfonamides is 1. The third-order valence-corrected chi connectivity index (χ3v) is 6.14. The fraction of sp³-hybridized carbons (Fsp3) is 0.278. The Hall–Kier alpha value is -2.45. The molecule has 1 aliphatic rings. The molecule has 8 heteroatoms. The molecule has 1 unspecified atom stereocenters. The molecule has 138 valence electrons. The van der Waals surface area contributed by atoms with E-state index in [0.29, 0.717) is 5.56 Å². The molecule has 0 spiro atoms. The number of amides is 1. The first kappa shape index (κ1) is 18.3. The lowest BCUT2D eigenvalue weighted by Crippen LogP contribution is -2.52. The van der Waals surface area contributed by atoms with E-state index < -0.39 is 27.8 Å². The summed E-state index contributed by atoms with van der Waals surface area (Å²) in [6.45, 7) is 2.08. The van der Waals surface area contributed by atoms with Gasteiger partial charge in [0.05, 0.1) is 7.11 Å². The molecule has 1 aliphatic heterocycles. The number of nitrogens with one attached hydrogen (secondary N) is 1. The maximum atomic E-state index is 13.3. The zero-order chi connectivity index (χ0) is 18.9. The van der Waals surface area contributed by atoms with Crippen molar-refractivity contribution in [3.8, 4) is 5.75 Å². The van der Waals surface area contributed by atoms with Crippen molar-refractivity contribution in [1.29, 1.82) is 0 Å². The lowest BCUT2D eigenvalue weighted by molar-refractivity contribution is -0.126. The van der Waals surface area contributed by atoms with Gasteiger partial charge in [-0.3, -0.25) is 4.79 Å². The van der Waals surface area contributed by atoms with Gasteiger partial charge in [0, 0.05) is 13.1 Å². The number of piperazine rings is 1. The second-order valence-corrected chi connectivity index (χ2v) is 7.87. The van der Waals surface area contributed by atoms with Gasteiger partial charge in [0.2, 0.25) is 15.9 Å². The summed E-state index contributed by atoms with van der Waals surface area (Å²) in [5, 5.41) is 2.67. The molecule has 1 N–H and O–H groups in total. The molecular weight excluding hydrogens is 359 g/mol. The average Bonchev–Trinajstić information content (AvgIpc) is 2.62. The molecule has 0 saturated carbocycles. The third-order valence-electron chi connectivity index (χ3n) is 4.26. The van der Waals surface area contributed by atoms with Crippen LogP contribution in [-0.4, -0.2) is 38.8 Å². The summed E-state index contributed by atoms with van der Waals surface area (Å²) in [5.74, 6) is -0.697. The molecule has 6 nitrogen and oxygen atoms in total. The molecule has 0 aliphatic carbocycles. The van der Waals surface area contributed by atoms with Crippen LogP contribution in [0.4, 0.5) is 4.39 Å². The number of carbonyl (C=O) groups is 1. The van der Waals surface area contributed by atoms with Crippen LogP contribution >= 0.6 is 0 Å². The van der Waals surface area contributed by atoms with Crippen LogP contribution in [0, 0.1) is 12.7 Å². The standard InChI is InChI=1S/C18H19FN2O4S/c1-12-3-8-15(25-2)16(11-12)26(23,24)21-10-9-20-18(22)17(21)13-4-6-14(19)7-5-13/h3-8,11,17H,9-10H2,1-2H3,(H,20,22). The molecule has 2 aromatic carbocycles. The Bertz CT molecular complexity index is 929. The second kappa shape index (κ2) is 7.05. The van der Waals surface area contributed by atoms with Crippen LogP contribution < -0.4 is 10.1 Å². The van der Waals surface area contributed by atoms with Gasteiger partial charge in [-0.15, -0.1) is 0 Å². The molecule has 1 atom stereocenters. The Morgan fingerprint density at radius 3 is 2.54 bits per heavy atom. The van der Waals surface area contributed by atoms with Crippen LogP contribution in [0.15, 0.2) is 47.4 Å². The van der Waals surface area contributed by atoms with Crippen LogP contribution in [-0.2, 0) is 14.8 Å². The van der Waals surface area contributed by atoms with Crippen LogP contribution in [0.25, 0.3) is 0 Å². The number of aryl methyl sites for hydroxylation is 1. The molecule has 1 saturated heterocycles. The topological polar surface area (TPSA) is 75.7 Å². The van der Waals surface area contributed by atoms with E-state index in [4.69, 9.17) is 4.74 Å². The summed E-state index contributed by atoms with van der Waals surface area (Å²) < 4.78 is 46.2. The minimum atomic E-state index is -4.01. The summed E-state index contributed by atoms with van der Waals surface area (Å²) in [6, 6.07) is 9.02. The zero-order valence-corrected chi connectivity index (χ0v) is 15.2. The Labute approximate surface area is 151 Å². The van der Waals surface area contributed by atoms with Crippen molar-refractivity contribution in [2.45, 2.75) is 17.9 Å².